The van der Waals surface area contributed by atoms with Crippen LogP contribution in [0, 0.1) is 0 Å². The van der Waals surface area contributed by atoms with E-state index in [0.29, 0.717) is 17.8 Å². The summed E-state index contributed by atoms with van der Waals surface area (Å²) in [7, 11) is 2.94. The number of phenols is 1. The van der Waals surface area contributed by atoms with Crippen LogP contribution in [0.15, 0.2) is 12.1 Å². The second kappa shape index (κ2) is 5.79. The fourth-order valence-corrected chi connectivity index (χ4v) is 2.34. The summed E-state index contributed by atoms with van der Waals surface area (Å²) in [5, 5.41) is 9.79. The minimum atomic E-state index is -0.0138. The molecule has 5 heteroatoms. The maximum atomic E-state index is 10.3. The molecule has 83 valence electrons. The normalized spacial score (nSPS) is 10.4. The Kier molecular flexibility index (Phi) is 4.67. The van der Waals surface area contributed by atoms with Gasteiger partial charge in [-0.05, 0) is 0 Å². The molecule has 0 aliphatic rings. The van der Waals surface area contributed by atoms with Gasteiger partial charge < -0.3 is 0 Å². The van der Waals surface area contributed by atoms with Crippen LogP contribution in [0.25, 0.3) is 6.08 Å². The van der Waals surface area contributed by atoms with Gasteiger partial charge in [-0.3, -0.25) is 0 Å². The van der Waals surface area contributed by atoms with Crippen molar-refractivity contribution in [1.82, 2.24) is 0 Å². The number of methoxy groups -OCH3 is 2. The van der Waals surface area contributed by atoms with E-state index < -0.39 is 0 Å². The Morgan fingerprint density at radius 2 is 2.06 bits per heavy atom. The first-order valence-electron chi connectivity index (χ1n) is 4.47. The van der Waals surface area contributed by atoms with E-state index in [1.807, 2.05) is 0 Å². The molecule has 0 heterocycles. The van der Waals surface area contributed by atoms with E-state index in [9.17, 15) is 9.90 Å². The molecule has 0 bridgehead atoms. The predicted molar refractivity (Wildman–Crippen MR) is 61.7 cm³/mol. The summed E-state index contributed by atoms with van der Waals surface area (Å²) in [4.78, 5) is 10.3. The number of hydrogen-bond donors (Lipinski definition) is 1. The summed E-state index contributed by atoms with van der Waals surface area (Å²) in [6, 6.07) is 1.67. The van der Waals surface area contributed by atoms with Gasteiger partial charge in [0.25, 0.3) is 0 Å². The molecule has 16 heavy (non-hydrogen) atoms. The Morgan fingerprint density at radius 1 is 1.38 bits per heavy atom. The van der Waals surface area contributed by atoms with Crippen LogP contribution in [0.1, 0.15) is 5.56 Å². The number of aldehydes is 1. The Labute approximate surface area is 107 Å². The molecule has 3 radical (unpaired) electrons. The average Bonchev–Trinajstić information content (AvgIpc) is 2.29. The van der Waals surface area contributed by atoms with Crippen molar-refractivity contribution in [1.29, 1.82) is 0 Å². The summed E-state index contributed by atoms with van der Waals surface area (Å²) in [6.07, 6.45) is 3.74. The standard InChI is InChI=1S/C11H11O4.Sn/c1-14-9-6-8(4-3-5-12)7-10(15-2)11(9)13;/h3-6,13H,1-2H3;. The Balaban J connectivity index is 3.39. The minimum absolute atomic E-state index is 0.0138. The van der Waals surface area contributed by atoms with Gasteiger partial charge in [0.05, 0.1) is 0 Å². The van der Waals surface area contributed by atoms with E-state index in [0.717, 1.165) is 31.7 Å². The molecule has 0 fully saturated rings. The molecule has 0 aliphatic heterocycles. The molecule has 0 unspecified atom stereocenters. The monoisotopic (exact) mass is 327 g/mol. The molecule has 0 spiro atoms. The first-order chi connectivity index (χ1) is 7.65. The number of carbonyl (C=O) groups excluding carboxylic acids is 1. The second-order valence-electron chi connectivity index (χ2n) is 2.92. The van der Waals surface area contributed by atoms with Gasteiger partial charge in [0, 0.05) is 0 Å². The first kappa shape index (κ1) is 12.9. The maximum absolute atomic E-state index is 10.3. The molecule has 0 saturated carbocycles. The summed E-state index contributed by atoms with van der Waals surface area (Å²) >= 11 is 1.08. The third-order valence-electron chi connectivity index (χ3n) is 2.03. The molecular formula is C11H11O4Sn. The van der Waals surface area contributed by atoms with Crippen LogP contribution in [0.3, 0.4) is 0 Å². The van der Waals surface area contributed by atoms with Crippen molar-refractivity contribution in [2.75, 3.05) is 14.2 Å². The van der Waals surface area contributed by atoms with Gasteiger partial charge in [-0.2, -0.15) is 0 Å². The Bertz CT molecular complexity index is 426. The topological polar surface area (TPSA) is 55.8 Å². The molecule has 1 aromatic rings. The van der Waals surface area contributed by atoms with Gasteiger partial charge in [-0.15, -0.1) is 0 Å². The number of benzene rings is 1. The van der Waals surface area contributed by atoms with Gasteiger partial charge in [0.1, 0.15) is 0 Å². The third-order valence-corrected chi connectivity index (χ3v) is 3.50. The predicted octanol–water partition coefficient (Wildman–Crippen LogP) is 0.415. The molecule has 4 nitrogen and oxygen atoms in total. The number of carbonyl (C=O) groups is 1. The molecular weight excluding hydrogens is 315 g/mol. The molecule has 0 amide bonds. The quantitative estimate of drug-likeness (QED) is 0.495. The van der Waals surface area contributed by atoms with E-state index in [2.05, 4.69) is 0 Å². The van der Waals surface area contributed by atoms with Crippen molar-refractivity contribution in [3.8, 4) is 17.2 Å². The van der Waals surface area contributed by atoms with Crippen molar-refractivity contribution in [2.45, 2.75) is 0 Å². The van der Waals surface area contributed by atoms with Crippen molar-refractivity contribution in [3.63, 3.8) is 0 Å². The molecule has 0 saturated heterocycles. The van der Waals surface area contributed by atoms with Crippen molar-refractivity contribution in [2.24, 2.45) is 0 Å². The molecule has 1 N–H and O–H groups in total. The summed E-state index contributed by atoms with van der Waals surface area (Å²) in [5.74, 6) is 0.705. The number of allylic oxidation sites excluding steroid dienone is 1. The summed E-state index contributed by atoms with van der Waals surface area (Å²) in [5.41, 5.74) is 0.803. The summed E-state index contributed by atoms with van der Waals surface area (Å²) in [6.45, 7) is 0. The van der Waals surface area contributed by atoms with Crippen molar-refractivity contribution >= 4 is 38.5 Å². The van der Waals surface area contributed by atoms with E-state index in [-0.39, 0.29) is 5.75 Å². The first-order valence-corrected chi connectivity index (χ1v) is 5.89. The van der Waals surface area contributed by atoms with Crippen LogP contribution in [0.5, 0.6) is 17.2 Å². The van der Waals surface area contributed by atoms with Gasteiger partial charge in [-0.25, -0.2) is 0 Å². The molecule has 0 atom stereocenters. The van der Waals surface area contributed by atoms with Crippen LogP contribution in [0.2, 0.25) is 0 Å². The van der Waals surface area contributed by atoms with Gasteiger partial charge >= 0.3 is 107 Å². The number of aromatic hydroxyl groups is 1. The van der Waals surface area contributed by atoms with Gasteiger partial charge in [0.2, 0.25) is 0 Å². The van der Waals surface area contributed by atoms with Crippen molar-refractivity contribution < 1.29 is 19.4 Å². The van der Waals surface area contributed by atoms with Crippen molar-refractivity contribution in [3.05, 3.63) is 17.7 Å². The Hall–Kier alpha value is -1.17. The average molecular weight is 326 g/mol. The SMILES string of the molecule is COc1cc(C=CC=O)[c]([Sn])c(OC)c1O. The van der Waals surface area contributed by atoms with Crippen LogP contribution < -0.4 is 13.1 Å². The zero-order valence-corrected chi connectivity index (χ0v) is 11.8. The number of ether oxygens (including phenoxy) is 2. The van der Waals surface area contributed by atoms with Crippen LogP contribution in [0.4, 0.5) is 0 Å². The molecule has 1 aromatic carbocycles. The number of rotatable bonds is 4. The fourth-order valence-electron chi connectivity index (χ4n) is 1.27. The Morgan fingerprint density at radius 3 is 2.56 bits per heavy atom. The van der Waals surface area contributed by atoms with E-state index >= 15 is 0 Å². The molecule has 1 rings (SSSR count). The van der Waals surface area contributed by atoms with Gasteiger partial charge in [0.15, 0.2) is 0 Å². The number of hydrogen-bond acceptors (Lipinski definition) is 4. The van der Waals surface area contributed by atoms with Gasteiger partial charge in [-0.1, -0.05) is 0 Å². The molecule has 0 aromatic heterocycles. The second-order valence-corrected chi connectivity index (χ2v) is 4.35. The molecule has 0 aliphatic carbocycles. The van der Waals surface area contributed by atoms with E-state index in [1.54, 1.807) is 12.1 Å². The third kappa shape index (κ3) is 2.49. The summed E-state index contributed by atoms with van der Waals surface area (Å²) < 4.78 is 11.0. The van der Waals surface area contributed by atoms with E-state index in [4.69, 9.17) is 9.47 Å². The van der Waals surface area contributed by atoms with E-state index in [1.165, 1.54) is 20.3 Å². The van der Waals surface area contributed by atoms with Crippen LogP contribution >= 0.6 is 0 Å². The number of phenolic OH excluding ortho intramolecular Hbond substituents is 1. The fraction of sp³-hybridized carbons (Fsp3) is 0.182. The van der Waals surface area contributed by atoms with Crippen LogP contribution in [-0.2, 0) is 4.79 Å². The zero-order valence-electron chi connectivity index (χ0n) is 8.98. The van der Waals surface area contributed by atoms with Crippen LogP contribution in [-0.4, -0.2) is 48.1 Å². The zero-order chi connectivity index (χ0) is 12.1.